The van der Waals surface area contributed by atoms with Crippen LogP contribution in [0.15, 0.2) is 33.3 Å². The van der Waals surface area contributed by atoms with Crippen molar-refractivity contribution >= 4 is 0 Å². The summed E-state index contributed by atoms with van der Waals surface area (Å²) in [5.74, 6) is 0.906. The Morgan fingerprint density at radius 1 is 1.00 bits per heavy atom. The van der Waals surface area contributed by atoms with Crippen LogP contribution in [0.25, 0.3) is 23.2 Å². The van der Waals surface area contributed by atoms with Gasteiger partial charge in [-0.05, 0) is 24.3 Å². The van der Waals surface area contributed by atoms with Gasteiger partial charge in [-0.25, -0.2) is 4.39 Å². The Bertz CT molecular complexity index is 690. The van der Waals surface area contributed by atoms with Crippen LogP contribution in [-0.2, 0) is 6.42 Å². The van der Waals surface area contributed by atoms with E-state index < -0.39 is 0 Å². The molecule has 2 aromatic heterocycles. The monoisotopic (exact) mass is 260 g/mol. The molecule has 7 heteroatoms. The Balaban J connectivity index is 1.92. The van der Waals surface area contributed by atoms with Crippen LogP contribution in [0.4, 0.5) is 4.39 Å². The first-order valence-corrected chi connectivity index (χ1v) is 5.69. The van der Waals surface area contributed by atoms with Gasteiger partial charge in [0, 0.05) is 12.0 Å². The fraction of sp³-hybridized carbons (Fsp3) is 0.167. The van der Waals surface area contributed by atoms with E-state index in [2.05, 4.69) is 20.3 Å². The third-order valence-corrected chi connectivity index (χ3v) is 2.50. The Kier molecular flexibility index (Phi) is 2.79. The molecule has 0 aliphatic heterocycles. The lowest BCUT2D eigenvalue weighted by molar-refractivity contribution is 0.380. The molecule has 3 aromatic rings. The van der Waals surface area contributed by atoms with E-state index >= 15 is 0 Å². The van der Waals surface area contributed by atoms with Crippen LogP contribution in [0.3, 0.4) is 0 Å². The number of halogens is 1. The summed E-state index contributed by atoms with van der Waals surface area (Å²) >= 11 is 0. The van der Waals surface area contributed by atoms with Crippen molar-refractivity contribution in [1.29, 1.82) is 0 Å². The van der Waals surface area contributed by atoms with E-state index in [0.717, 1.165) is 0 Å². The maximum absolute atomic E-state index is 12.8. The molecule has 6 nitrogen and oxygen atoms in total. The minimum absolute atomic E-state index is 0.145. The van der Waals surface area contributed by atoms with Crippen LogP contribution in [0.1, 0.15) is 12.7 Å². The highest BCUT2D eigenvalue weighted by Gasteiger charge is 2.16. The van der Waals surface area contributed by atoms with E-state index in [0.29, 0.717) is 23.6 Å². The topological polar surface area (TPSA) is 77.8 Å². The van der Waals surface area contributed by atoms with Crippen molar-refractivity contribution in [2.24, 2.45) is 0 Å². The van der Waals surface area contributed by atoms with Gasteiger partial charge >= 0.3 is 11.8 Å². The third-order valence-electron chi connectivity index (χ3n) is 2.50. The average molecular weight is 260 g/mol. The normalized spacial score (nSPS) is 10.8. The Morgan fingerprint density at radius 3 is 2.37 bits per heavy atom. The van der Waals surface area contributed by atoms with Crippen molar-refractivity contribution in [3.63, 3.8) is 0 Å². The van der Waals surface area contributed by atoms with Crippen molar-refractivity contribution < 1.29 is 13.4 Å². The number of hydrogen-bond acceptors (Lipinski definition) is 6. The van der Waals surface area contributed by atoms with Gasteiger partial charge in [0.15, 0.2) is 5.82 Å². The molecule has 96 valence electrons. The summed E-state index contributed by atoms with van der Waals surface area (Å²) in [7, 11) is 0. The molecule has 0 fully saturated rings. The molecule has 19 heavy (non-hydrogen) atoms. The lowest BCUT2D eigenvalue weighted by Crippen LogP contribution is -1.83. The van der Waals surface area contributed by atoms with Crippen molar-refractivity contribution in [3.8, 4) is 23.2 Å². The van der Waals surface area contributed by atoms with E-state index in [1.165, 1.54) is 12.1 Å². The minimum Gasteiger partial charge on any atom is -0.329 e. The van der Waals surface area contributed by atoms with Crippen molar-refractivity contribution in [1.82, 2.24) is 20.3 Å². The standard InChI is InChI=1S/C12H9FN4O2/c1-2-9-14-11(18-16-9)12-15-10(17-19-12)7-3-5-8(13)6-4-7/h3-6H,2H2,1H3. The first-order valence-electron chi connectivity index (χ1n) is 5.69. The molecule has 0 aliphatic carbocycles. The van der Waals surface area contributed by atoms with Gasteiger partial charge in [0.2, 0.25) is 5.82 Å². The third kappa shape index (κ3) is 2.22. The predicted molar refractivity (Wildman–Crippen MR) is 62.4 cm³/mol. The average Bonchev–Trinajstić information content (AvgIpc) is 3.08. The first-order chi connectivity index (χ1) is 9.26. The summed E-state index contributed by atoms with van der Waals surface area (Å²) in [6, 6.07) is 5.78. The van der Waals surface area contributed by atoms with Crippen LogP contribution >= 0.6 is 0 Å². The number of rotatable bonds is 3. The van der Waals surface area contributed by atoms with E-state index in [4.69, 9.17) is 9.05 Å². The van der Waals surface area contributed by atoms with Gasteiger partial charge in [0.25, 0.3) is 0 Å². The molecule has 0 atom stereocenters. The molecule has 0 saturated heterocycles. The zero-order valence-electron chi connectivity index (χ0n) is 10.00. The molecule has 0 amide bonds. The molecule has 0 spiro atoms. The quantitative estimate of drug-likeness (QED) is 0.719. The second kappa shape index (κ2) is 4.60. The maximum Gasteiger partial charge on any atom is 0.316 e. The molecule has 0 aliphatic rings. The summed E-state index contributed by atoms with van der Waals surface area (Å²) in [4.78, 5) is 8.22. The molecule has 1 aromatic carbocycles. The molecular formula is C12H9FN4O2. The molecule has 0 unspecified atom stereocenters. The second-order valence-electron chi connectivity index (χ2n) is 3.80. The van der Waals surface area contributed by atoms with Gasteiger partial charge in [0.05, 0.1) is 0 Å². The van der Waals surface area contributed by atoms with Crippen molar-refractivity contribution in [3.05, 3.63) is 35.9 Å². The molecule has 2 heterocycles. The zero-order valence-corrected chi connectivity index (χ0v) is 10.00. The summed E-state index contributed by atoms with van der Waals surface area (Å²) in [6.45, 7) is 1.91. The van der Waals surface area contributed by atoms with E-state index in [9.17, 15) is 4.39 Å². The number of nitrogens with zero attached hydrogens (tertiary/aromatic N) is 4. The molecule has 0 N–H and O–H groups in total. The summed E-state index contributed by atoms with van der Waals surface area (Å²) in [6.07, 6.45) is 0.655. The van der Waals surface area contributed by atoms with Gasteiger partial charge in [-0.3, -0.25) is 0 Å². The number of aryl methyl sites for hydroxylation is 1. The highest BCUT2D eigenvalue weighted by Crippen LogP contribution is 2.21. The summed E-state index contributed by atoms with van der Waals surface area (Å²) in [5, 5.41) is 7.53. The van der Waals surface area contributed by atoms with Gasteiger partial charge in [-0.2, -0.15) is 9.97 Å². The predicted octanol–water partition coefficient (Wildman–Crippen LogP) is 2.49. The van der Waals surface area contributed by atoms with Crippen LogP contribution in [0.5, 0.6) is 0 Å². The smallest absolute Gasteiger partial charge is 0.316 e. The summed E-state index contributed by atoms with van der Waals surface area (Å²) in [5.41, 5.74) is 0.645. The fourth-order valence-electron chi connectivity index (χ4n) is 1.51. The number of hydrogen-bond donors (Lipinski definition) is 0. The highest BCUT2D eigenvalue weighted by molar-refractivity contribution is 5.56. The fourth-order valence-corrected chi connectivity index (χ4v) is 1.51. The minimum atomic E-state index is -0.322. The van der Waals surface area contributed by atoms with Gasteiger partial charge in [-0.1, -0.05) is 17.2 Å². The molecule has 0 saturated carbocycles. The van der Waals surface area contributed by atoms with Crippen molar-refractivity contribution in [2.75, 3.05) is 0 Å². The Labute approximate surface area is 107 Å². The largest absolute Gasteiger partial charge is 0.329 e. The van der Waals surface area contributed by atoms with Gasteiger partial charge in [-0.15, -0.1) is 0 Å². The van der Waals surface area contributed by atoms with Gasteiger partial charge in [0.1, 0.15) is 5.82 Å². The van der Waals surface area contributed by atoms with Crippen LogP contribution in [0.2, 0.25) is 0 Å². The van der Waals surface area contributed by atoms with E-state index in [1.807, 2.05) is 6.92 Å². The molecule has 3 rings (SSSR count). The van der Waals surface area contributed by atoms with Crippen LogP contribution < -0.4 is 0 Å². The molecule has 0 bridgehead atoms. The highest BCUT2D eigenvalue weighted by atomic mass is 19.1. The lowest BCUT2D eigenvalue weighted by Gasteiger charge is -1.92. The molecule has 0 radical (unpaired) electrons. The maximum atomic E-state index is 12.8. The van der Waals surface area contributed by atoms with Crippen molar-refractivity contribution in [2.45, 2.75) is 13.3 Å². The number of benzene rings is 1. The lowest BCUT2D eigenvalue weighted by atomic mass is 10.2. The summed E-state index contributed by atoms with van der Waals surface area (Å²) < 4.78 is 22.9. The second-order valence-corrected chi connectivity index (χ2v) is 3.80. The first kappa shape index (κ1) is 11.5. The SMILES string of the molecule is CCc1noc(-c2nc(-c3ccc(F)cc3)no2)n1. The Hall–Kier alpha value is -2.57. The zero-order chi connectivity index (χ0) is 13.2. The van der Waals surface area contributed by atoms with Gasteiger partial charge < -0.3 is 9.05 Å². The van der Waals surface area contributed by atoms with Crippen LogP contribution in [0, 0.1) is 5.82 Å². The number of aromatic nitrogens is 4. The van der Waals surface area contributed by atoms with E-state index in [1.54, 1.807) is 12.1 Å². The van der Waals surface area contributed by atoms with Crippen LogP contribution in [-0.4, -0.2) is 20.3 Å². The molecular weight excluding hydrogens is 251 g/mol. The van der Waals surface area contributed by atoms with E-state index in [-0.39, 0.29) is 17.6 Å². The Morgan fingerprint density at radius 2 is 1.68 bits per heavy atom.